The number of hydrogen-bond acceptors (Lipinski definition) is 3. The van der Waals surface area contributed by atoms with Gasteiger partial charge in [0.05, 0.1) is 10.0 Å². The van der Waals surface area contributed by atoms with Crippen molar-refractivity contribution in [2.75, 3.05) is 6.61 Å². The summed E-state index contributed by atoms with van der Waals surface area (Å²) in [6, 6.07) is 27.6. The van der Waals surface area contributed by atoms with Crippen LogP contribution in [0.2, 0.25) is 10.0 Å². The Morgan fingerprint density at radius 1 is 0.842 bits per heavy atom. The lowest BCUT2D eigenvalue weighted by Crippen LogP contribution is -2.52. The Morgan fingerprint density at radius 3 is 2.29 bits per heavy atom. The van der Waals surface area contributed by atoms with E-state index in [2.05, 4.69) is 5.32 Å². The quantitative estimate of drug-likeness (QED) is 0.240. The summed E-state index contributed by atoms with van der Waals surface area (Å²) in [5.41, 5.74) is 1.70. The first kappa shape index (κ1) is 27.5. The predicted octanol–water partition coefficient (Wildman–Crippen LogP) is 6.69. The van der Waals surface area contributed by atoms with Crippen LogP contribution >= 0.6 is 23.2 Å². The number of nitrogens with one attached hydrogen (secondary N) is 1. The lowest BCUT2D eigenvalue weighted by atomic mass is 10.0. The molecule has 0 spiro atoms. The molecule has 38 heavy (non-hydrogen) atoms. The lowest BCUT2D eigenvalue weighted by molar-refractivity contribution is -0.143. The summed E-state index contributed by atoms with van der Waals surface area (Å²) in [7, 11) is 0. The Labute approximate surface area is 233 Å². The van der Waals surface area contributed by atoms with Crippen molar-refractivity contribution < 1.29 is 14.3 Å². The molecule has 0 aromatic heterocycles. The number of nitrogens with zero attached hydrogens (tertiary/aromatic N) is 1. The van der Waals surface area contributed by atoms with E-state index in [0.29, 0.717) is 22.2 Å². The van der Waals surface area contributed by atoms with Gasteiger partial charge < -0.3 is 15.0 Å². The summed E-state index contributed by atoms with van der Waals surface area (Å²) in [6.45, 7) is 3.73. The summed E-state index contributed by atoms with van der Waals surface area (Å²) in [4.78, 5) is 28.8. The first-order valence-electron chi connectivity index (χ1n) is 12.5. The minimum atomic E-state index is -0.766. The van der Waals surface area contributed by atoms with Crippen molar-refractivity contribution in [2.24, 2.45) is 0 Å². The molecule has 4 aromatic rings. The zero-order valence-electron chi connectivity index (χ0n) is 21.4. The molecular formula is C31H30Cl2N2O3. The molecule has 1 N–H and O–H groups in total. The molecule has 0 bridgehead atoms. The van der Waals surface area contributed by atoms with Gasteiger partial charge in [0.25, 0.3) is 5.91 Å². The smallest absolute Gasteiger partial charge is 0.261 e. The van der Waals surface area contributed by atoms with Gasteiger partial charge in [-0.3, -0.25) is 9.59 Å². The second-order valence-corrected chi connectivity index (χ2v) is 10.2. The van der Waals surface area contributed by atoms with Gasteiger partial charge in [-0.05, 0) is 48.6 Å². The minimum Gasteiger partial charge on any atom is -0.483 e. The highest BCUT2D eigenvalue weighted by atomic mass is 35.5. The van der Waals surface area contributed by atoms with Crippen LogP contribution in [0.15, 0.2) is 91.0 Å². The van der Waals surface area contributed by atoms with Gasteiger partial charge in [-0.2, -0.15) is 0 Å². The number of carbonyl (C=O) groups is 2. The summed E-state index contributed by atoms with van der Waals surface area (Å²) in [5.74, 6) is 0.0587. The number of benzene rings is 4. The van der Waals surface area contributed by atoms with Crippen LogP contribution in [0.25, 0.3) is 10.8 Å². The van der Waals surface area contributed by atoms with E-state index in [1.54, 1.807) is 23.1 Å². The molecule has 4 rings (SSSR count). The molecule has 0 aliphatic carbocycles. The largest absolute Gasteiger partial charge is 0.483 e. The van der Waals surface area contributed by atoms with Crippen LogP contribution in [-0.2, 0) is 22.6 Å². The third-order valence-corrected chi connectivity index (χ3v) is 6.88. The topological polar surface area (TPSA) is 58.6 Å². The summed E-state index contributed by atoms with van der Waals surface area (Å²) < 4.78 is 6.03. The molecule has 0 unspecified atom stereocenters. The fourth-order valence-corrected chi connectivity index (χ4v) is 4.63. The Hall–Kier alpha value is -3.54. The fourth-order valence-electron chi connectivity index (χ4n) is 4.31. The second-order valence-electron chi connectivity index (χ2n) is 9.40. The van der Waals surface area contributed by atoms with Crippen LogP contribution in [0, 0.1) is 0 Å². The number of fused-ring (bicyclic) bond motifs is 1. The normalized spacial score (nSPS) is 11.8. The van der Waals surface area contributed by atoms with Crippen LogP contribution < -0.4 is 10.1 Å². The molecule has 0 heterocycles. The third-order valence-electron chi connectivity index (χ3n) is 6.14. The number of hydrogen-bond donors (Lipinski definition) is 1. The van der Waals surface area contributed by atoms with Crippen LogP contribution in [-0.4, -0.2) is 35.4 Å². The van der Waals surface area contributed by atoms with Crippen LogP contribution in [0.4, 0.5) is 0 Å². The van der Waals surface area contributed by atoms with E-state index in [9.17, 15) is 9.59 Å². The molecule has 4 aromatic carbocycles. The van der Waals surface area contributed by atoms with Gasteiger partial charge in [-0.1, -0.05) is 96.0 Å². The average molecular weight is 549 g/mol. The SMILES string of the molecule is CC(C)NC(=O)[C@H](Cc1ccccc1)N(Cc1ccc(Cl)c(Cl)c1)C(=O)COc1cccc2ccccc12. The number of ether oxygens (including phenoxy) is 1. The van der Waals surface area contributed by atoms with Crippen molar-refractivity contribution in [2.45, 2.75) is 38.9 Å². The number of amides is 2. The Bertz CT molecular complexity index is 1400. The lowest BCUT2D eigenvalue weighted by Gasteiger charge is -2.32. The molecule has 7 heteroatoms. The molecule has 196 valence electrons. The van der Waals surface area contributed by atoms with E-state index >= 15 is 0 Å². The van der Waals surface area contributed by atoms with Crippen molar-refractivity contribution in [3.05, 3.63) is 112 Å². The summed E-state index contributed by atoms with van der Waals surface area (Å²) in [6.07, 6.45) is 0.348. The molecule has 0 fully saturated rings. The highest BCUT2D eigenvalue weighted by Gasteiger charge is 2.31. The average Bonchev–Trinajstić information content (AvgIpc) is 2.91. The molecule has 0 radical (unpaired) electrons. The maximum atomic E-state index is 13.8. The predicted molar refractivity (Wildman–Crippen MR) is 154 cm³/mol. The molecule has 1 atom stereocenters. The minimum absolute atomic E-state index is 0.0883. The van der Waals surface area contributed by atoms with E-state index in [1.165, 1.54) is 0 Å². The van der Waals surface area contributed by atoms with E-state index in [-0.39, 0.29) is 31.0 Å². The maximum Gasteiger partial charge on any atom is 0.261 e. The van der Waals surface area contributed by atoms with Gasteiger partial charge in [-0.15, -0.1) is 0 Å². The fraction of sp³-hybridized carbons (Fsp3) is 0.226. The van der Waals surface area contributed by atoms with Gasteiger partial charge in [-0.25, -0.2) is 0 Å². The van der Waals surface area contributed by atoms with Crippen molar-refractivity contribution in [3.8, 4) is 5.75 Å². The standard InChI is InChI=1S/C31H30Cl2N2O3/c1-21(2)34-31(37)28(18-22-9-4-3-5-10-22)35(19-23-15-16-26(32)27(33)17-23)30(36)20-38-29-14-8-12-24-11-6-7-13-25(24)29/h3-17,21,28H,18-20H2,1-2H3,(H,34,37)/t28-/m0/s1. The summed E-state index contributed by atoms with van der Waals surface area (Å²) >= 11 is 12.4. The van der Waals surface area contributed by atoms with Gasteiger partial charge in [0.1, 0.15) is 11.8 Å². The van der Waals surface area contributed by atoms with E-state index in [4.69, 9.17) is 27.9 Å². The van der Waals surface area contributed by atoms with Crippen molar-refractivity contribution in [1.29, 1.82) is 0 Å². The maximum absolute atomic E-state index is 13.8. The van der Waals surface area contributed by atoms with E-state index in [0.717, 1.165) is 21.9 Å². The van der Waals surface area contributed by atoms with E-state index < -0.39 is 6.04 Å². The second kappa shape index (κ2) is 12.8. The molecule has 0 saturated carbocycles. The van der Waals surface area contributed by atoms with Gasteiger partial charge >= 0.3 is 0 Å². The first-order chi connectivity index (χ1) is 18.3. The van der Waals surface area contributed by atoms with Gasteiger partial charge in [0, 0.05) is 24.4 Å². The van der Waals surface area contributed by atoms with Gasteiger partial charge in [0.2, 0.25) is 5.91 Å². The van der Waals surface area contributed by atoms with Crippen LogP contribution in [0.5, 0.6) is 5.75 Å². The monoisotopic (exact) mass is 548 g/mol. The number of halogens is 2. The zero-order valence-corrected chi connectivity index (χ0v) is 22.9. The van der Waals surface area contributed by atoms with Crippen molar-refractivity contribution >= 4 is 45.8 Å². The highest BCUT2D eigenvalue weighted by molar-refractivity contribution is 6.42. The van der Waals surface area contributed by atoms with Crippen molar-refractivity contribution in [1.82, 2.24) is 10.2 Å². The molecule has 2 amide bonds. The zero-order chi connectivity index (χ0) is 27.1. The highest BCUT2D eigenvalue weighted by Crippen LogP contribution is 2.26. The molecular weight excluding hydrogens is 519 g/mol. The summed E-state index contributed by atoms with van der Waals surface area (Å²) in [5, 5.41) is 5.72. The van der Waals surface area contributed by atoms with E-state index in [1.807, 2.05) is 86.6 Å². The van der Waals surface area contributed by atoms with Crippen LogP contribution in [0.3, 0.4) is 0 Å². The molecule has 0 aliphatic rings. The van der Waals surface area contributed by atoms with Gasteiger partial charge in [0.15, 0.2) is 6.61 Å². The molecule has 0 aliphatic heterocycles. The Kier molecular flexibility index (Phi) is 9.27. The Balaban J connectivity index is 1.66. The molecule has 0 saturated heterocycles. The molecule has 5 nitrogen and oxygen atoms in total. The Morgan fingerprint density at radius 2 is 1.55 bits per heavy atom. The van der Waals surface area contributed by atoms with Crippen molar-refractivity contribution in [3.63, 3.8) is 0 Å². The third kappa shape index (κ3) is 7.06. The van der Waals surface area contributed by atoms with Crippen LogP contribution in [0.1, 0.15) is 25.0 Å². The number of carbonyl (C=O) groups excluding carboxylic acids is 2. The first-order valence-corrected chi connectivity index (χ1v) is 13.3. The number of rotatable bonds is 10.